The van der Waals surface area contributed by atoms with E-state index in [9.17, 15) is 35.9 Å². The van der Waals surface area contributed by atoms with Crippen LogP contribution in [0.3, 0.4) is 0 Å². The third kappa shape index (κ3) is 8.45. The molecule has 2 heterocycles. The summed E-state index contributed by atoms with van der Waals surface area (Å²) in [4.78, 5) is 23.4. The Morgan fingerprint density at radius 1 is 0.765 bits per heavy atom. The molecule has 1 saturated carbocycles. The van der Waals surface area contributed by atoms with Gasteiger partial charge in [-0.3, -0.25) is 9.59 Å². The quantitative estimate of drug-likeness (QED) is 0.443. The fourth-order valence-electron chi connectivity index (χ4n) is 3.41. The summed E-state index contributed by atoms with van der Waals surface area (Å²) in [5.74, 6) is -1.60. The number of aromatic nitrogens is 4. The first-order chi connectivity index (χ1) is 15.9. The second-order valence-electron chi connectivity index (χ2n) is 7.78. The van der Waals surface area contributed by atoms with Crippen molar-refractivity contribution in [3.8, 4) is 0 Å². The Bertz CT molecular complexity index is 916. The summed E-state index contributed by atoms with van der Waals surface area (Å²) in [6.07, 6.45) is -9.62. The number of hydrogen-bond donors (Lipinski definition) is 2. The number of amides is 2. The van der Waals surface area contributed by atoms with Crippen LogP contribution in [0.15, 0.2) is 0 Å². The zero-order valence-electron chi connectivity index (χ0n) is 17.5. The Balaban J connectivity index is 1.53. The van der Waals surface area contributed by atoms with E-state index >= 15 is 0 Å². The molecule has 8 nitrogen and oxygen atoms in total. The molecule has 0 radical (unpaired) electrons. The molecule has 0 aromatic carbocycles. The van der Waals surface area contributed by atoms with E-state index in [1.165, 1.54) is 0 Å². The van der Waals surface area contributed by atoms with Crippen molar-refractivity contribution in [2.75, 3.05) is 10.6 Å². The lowest BCUT2D eigenvalue weighted by atomic mass is 9.82. The van der Waals surface area contributed by atoms with Crippen LogP contribution in [0.25, 0.3) is 0 Å². The van der Waals surface area contributed by atoms with E-state index in [4.69, 9.17) is 0 Å². The van der Waals surface area contributed by atoms with Gasteiger partial charge in [0.1, 0.15) is 10.0 Å². The second-order valence-corrected chi connectivity index (χ2v) is 9.80. The number of nitrogens with one attached hydrogen (secondary N) is 2. The molecular formula is C18H20F6N6O2S2. The van der Waals surface area contributed by atoms with Crippen LogP contribution in [0, 0.1) is 0 Å². The molecule has 0 spiro atoms. The van der Waals surface area contributed by atoms with Gasteiger partial charge in [-0.2, -0.15) is 26.3 Å². The third-order valence-corrected chi connectivity index (χ3v) is 7.02. The summed E-state index contributed by atoms with van der Waals surface area (Å²) >= 11 is 2.20. The van der Waals surface area contributed by atoms with Gasteiger partial charge in [0, 0.05) is 24.7 Å². The predicted octanol–water partition coefficient (Wildman–Crippen LogP) is 5.39. The van der Waals surface area contributed by atoms with Crippen molar-refractivity contribution in [2.24, 2.45) is 0 Å². The lowest BCUT2D eigenvalue weighted by molar-refractivity contribution is -0.142. The second kappa shape index (κ2) is 10.9. The number of nitrogens with zero attached hydrogens (tertiary/aromatic N) is 4. The number of halogens is 6. The van der Waals surface area contributed by atoms with E-state index in [0.717, 1.165) is 41.9 Å². The molecule has 188 valence electrons. The fraction of sp³-hybridized carbons (Fsp3) is 0.667. The van der Waals surface area contributed by atoms with Gasteiger partial charge in [-0.05, 0) is 19.3 Å². The highest BCUT2D eigenvalue weighted by Crippen LogP contribution is 2.43. The molecule has 16 heteroatoms. The molecule has 2 aromatic heterocycles. The monoisotopic (exact) mass is 530 g/mol. The van der Waals surface area contributed by atoms with Gasteiger partial charge in [-0.15, -0.1) is 20.4 Å². The van der Waals surface area contributed by atoms with Crippen molar-refractivity contribution in [3.63, 3.8) is 0 Å². The van der Waals surface area contributed by atoms with E-state index in [1.54, 1.807) is 0 Å². The van der Waals surface area contributed by atoms with E-state index in [2.05, 4.69) is 31.0 Å². The minimum Gasteiger partial charge on any atom is -0.301 e. The van der Waals surface area contributed by atoms with E-state index < -0.39 is 49.9 Å². The van der Waals surface area contributed by atoms with Gasteiger partial charge >= 0.3 is 12.4 Å². The lowest BCUT2D eigenvalue weighted by Crippen LogP contribution is -2.16. The summed E-state index contributed by atoms with van der Waals surface area (Å²) < 4.78 is 73.5. The Morgan fingerprint density at radius 3 is 1.56 bits per heavy atom. The zero-order valence-corrected chi connectivity index (χ0v) is 19.1. The number of alkyl halides is 6. The van der Waals surface area contributed by atoms with Crippen LogP contribution >= 0.6 is 22.7 Å². The van der Waals surface area contributed by atoms with E-state index in [0.29, 0.717) is 16.4 Å². The van der Waals surface area contributed by atoms with Crippen molar-refractivity contribution in [3.05, 3.63) is 10.0 Å². The van der Waals surface area contributed by atoms with Crippen molar-refractivity contribution in [1.29, 1.82) is 0 Å². The summed E-state index contributed by atoms with van der Waals surface area (Å²) in [5, 5.41) is 22.0. The van der Waals surface area contributed by atoms with E-state index in [-0.39, 0.29) is 22.1 Å². The molecule has 3 rings (SSSR count). The van der Waals surface area contributed by atoms with Crippen LogP contribution in [0.4, 0.5) is 36.6 Å². The first-order valence-electron chi connectivity index (χ1n) is 10.3. The maximum Gasteiger partial charge on any atom is 0.389 e. The van der Waals surface area contributed by atoms with Gasteiger partial charge in [0.05, 0.1) is 12.8 Å². The minimum absolute atomic E-state index is 0.00851. The van der Waals surface area contributed by atoms with Crippen molar-refractivity contribution in [1.82, 2.24) is 20.4 Å². The van der Waals surface area contributed by atoms with Gasteiger partial charge in [-0.1, -0.05) is 29.1 Å². The predicted molar refractivity (Wildman–Crippen MR) is 112 cm³/mol. The Morgan fingerprint density at radius 2 is 1.18 bits per heavy atom. The van der Waals surface area contributed by atoms with Crippen LogP contribution in [0.5, 0.6) is 0 Å². The minimum atomic E-state index is -4.42. The normalized spacial score (nSPS) is 19.1. The summed E-state index contributed by atoms with van der Waals surface area (Å²) in [7, 11) is 0. The maximum absolute atomic E-state index is 12.2. The van der Waals surface area contributed by atoms with Gasteiger partial charge < -0.3 is 10.6 Å². The van der Waals surface area contributed by atoms with Crippen LogP contribution in [-0.4, -0.2) is 44.6 Å². The first-order valence-corrected chi connectivity index (χ1v) is 11.9. The molecule has 0 saturated heterocycles. The highest BCUT2D eigenvalue weighted by Gasteiger charge is 2.31. The van der Waals surface area contributed by atoms with Crippen LogP contribution < -0.4 is 10.6 Å². The highest BCUT2D eigenvalue weighted by atomic mass is 32.1. The van der Waals surface area contributed by atoms with Gasteiger partial charge in [0.2, 0.25) is 22.1 Å². The molecule has 2 amide bonds. The number of carbonyl (C=O) groups is 2. The smallest absolute Gasteiger partial charge is 0.301 e. The molecule has 0 unspecified atom stereocenters. The number of anilines is 2. The lowest BCUT2D eigenvalue weighted by Gasteiger charge is -2.25. The fourth-order valence-corrected chi connectivity index (χ4v) is 5.23. The molecule has 0 bridgehead atoms. The number of hydrogen-bond acceptors (Lipinski definition) is 8. The summed E-state index contributed by atoms with van der Waals surface area (Å²) in [6, 6.07) is 0. The number of rotatable bonds is 8. The van der Waals surface area contributed by atoms with E-state index in [1.807, 2.05) is 0 Å². The molecule has 2 N–H and O–H groups in total. The van der Waals surface area contributed by atoms with Gasteiger partial charge in [-0.25, -0.2) is 0 Å². The SMILES string of the molecule is O=C(CCC(F)(F)F)Nc1nnc([C@@H]2CCC[C@@H](c3nnc(NC(=O)CCC(F)(F)F)s3)C2)s1. The number of carbonyl (C=O) groups excluding carboxylic acids is 2. The standard InChI is InChI=1S/C18H20F6N6O2S2/c19-17(20,21)6-4-11(31)25-15-29-27-13(33-15)9-2-1-3-10(8-9)14-28-30-16(34-14)26-12(32)5-7-18(22,23)24/h9-10H,1-8H2,(H,25,29,31)(H,26,30,32)/t9-,10-/m1/s1. The largest absolute Gasteiger partial charge is 0.389 e. The molecule has 34 heavy (non-hydrogen) atoms. The van der Waals surface area contributed by atoms with Crippen molar-refractivity contribution < 1.29 is 35.9 Å². The summed E-state index contributed by atoms with van der Waals surface area (Å²) in [5.41, 5.74) is 0. The van der Waals surface area contributed by atoms with Crippen LogP contribution in [0.1, 0.15) is 73.2 Å². The molecule has 1 fully saturated rings. The topological polar surface area (TPSA) is 110 Å². The van der Waals surface area contributed by atoms with Crippen molar-refractivity contribution in [2.45, 2.75) is 75.6 Å². The molecule has 0 aliphatic heterocycles. The average molecular weight is 531 g/mol. The zero-order chi connectivity index (χ0) is 24.9. The molecule has 2 atom stereocenters. The van der Waals surface area contributed by atoms with Crippen LogP contribution in [0.2, 0.25) is 0 Å². The van der Waals surface area contributed by atoms with Crippen LogP contribution in [-0.2, 0) is 9.59 Å². The molecule has 2 aromatic rings. The summed E-state index contributed by atoms with van der Waals surface area (Å²) in [6.45, 7) is 0. The Hall–Kier alpha value is -2.36. The maximum atomic E-state index is 12.2. The highest BCUT2D eigenvalue weighted by molar-refractivity contribution is 7.15. The first kappa shape index (κ1) is 26.2. The van der Waals surface area contributed by atoms with Crippen molar-refractivity contribution >= 4 is 44.8 Å². The third-order valence-electron chi connectivity index (χ3n) is 5.02. The molecule has 1 aliphatic rings. The Kier molecular flexibility index (Phi) is 8.43. The van der Waals surface area contributed by atoms with Gasteiger partial charge in [0.15, 0.2) is 0 Å². The Labute approximate surface area is 197 Å². The van der Waals surface area contributed by atoms with Gasteiger partial charge in [0.25, 0.3) is 0 Å². The molecular weight excluding hydrogens is 510 g/mol. The molecule has 1 aliphatic carbocycles. The average Bonchev–Trinajstić information content (AvgIpc) is 3.40.